The maximum atomic E-state index is 11.1. The molecule has 0 aliphatic heterocycles. The van der Waals surface area contributed by atoms with Crippen molar-refractivity contribution in [1.82, 2.24) is 14.5 Å². The van der Waals surface area contributed by atoms with Crippen molar-refractivity contribution in [2.75, 3.05) is 5.32 Å². The number of pyridine rings is 1. The van der Waals surface area contributed by atoms with Crippen molar-refractivity contribution >= 4 is 28.6 Å². The maximum absolute atomic E-state index is 11.1. The van der Waals surface area contributed by atoms with Crippen LogP contribution in [0, 0.1) is 0 Å². The van der Waals surface area contributed by atoms with Crippen molar-refractivity contribution in [2.24, 2.45) is 7.05 Å². The number of aromatic nitrogens is 3. The minimum absolute atomic E-state index is 0.0680. The second-order valence-electron chi connectivity index (χ2n) is 7.33. The quantitative estimate of drug-likeness (QED) is 0.453. The summed E-state index contributed by atoms with van der Waals surface area (Å²) in [7, 11) is 1.95. The Morgan fingerprint density at radius 2 is 1.90 bits per heavy atom. The van der Waals surface area contributed by atoms with Gasteiger partial charge in [0.1, 0.15) is 11.5 Å². The highest BCUT2D eigenvalue weighted by molar-refractivity contribution is 5.85. The number of carbonyl (C=O) groups is 1. The average molecular weight is 402 g/mol. The van der Waals surface area contributed by atoms with Gasteiger partial charge in [0, 0.05) is 31.1 Å². The molecule has 2 heterocycles. The normalized spacial score (nSPS) is 11.1. The van der Waals surface area contributed by atoms with Gasteiger partial charge >= 0.3 is 5.97 Å². The number of anilines is 2. The van der Waals surface area contributed by atoms with Crippen molar-refractivity contribution < 1.29 is 14.6 Å². The number of aryl methyl sites for hydroxylation is 1. The first-order chi connectivity index (χ1) is 14.4. The van der Waals surface area contributed by atoms with Gasteiger partial charge in [-0.25, -0.2) is 14.8 Å². The Labute approximate surface area is 174 Å². The van der Waals surface area contributed by atoms with Gasteiger partial charge in [-0.2, -0.15) is 0 Å². The summed E-state index contributed by atoms with van der Waals surface area (Å²) in [5, 5.41) is 12.5. The van der Waals surface area contributed by atoms with Gasteiger partial charge in [0.15, 0.2) is 5.69 Å². The molecule has 0 aliphatic rings. The molecule has 4 aromatic rings. The van der Waals surface area contributed by atoms with E-state index in [1.54, 1.807) is 6.07 Å². The molecule has 0 radical (unpaired) electrons. The predicted octanol–water partition coefficient (Wildman–Crippen LogP) is 5.33. The molecule has 2 N–H and O–H groups in total. The summed E-state index contributed by atoms with van der Waals surface area (Å²) in [5.41, 5.74) is 3.89. The molecular formula is C23H22N4O3. The van der Waals surface area contributed by atoms with E-state index in [-0.39, 0.29) is 5.69 Å². The van der Waals surface area contributed by atoms with Crippen molar-refractivity contribution in [3.8, 4) is 11.5 Å². The summed E-state index contributed by atoms with van der Waals surface area (Å²) in [6, 6.07) is 16.9. The number of fused-ring (bicyclic) bond motifs is 1. The molecule has 2 aromatic heterocycles. The van der Waals surface area contributed by atoms with Crippen molar-refractivity contribution in [3.63, 3.8) is 0 Å². The molecule has 0 bridgehead atoms. The molecule has 0 unspecified atom stereocenters. The number of imidazole rings is 1. The highest BCUT2D eigenvalue weighted by Gasteiger charge is 2.11. The number of aromatic carboxylic acids is 1. The summed E-state index contributed by atoms with van der Waals surface area (Å²) < 4.78 is 7.80. The predicted molar refractivity (Wildman–Crippen MR) is 116 cm³/mol. The first-order valence-corrected chi connectivity index (χ1v) is 9.61. The number of ether oxygens (including phenoxy) is 1. The van der Waals surface area contributed by atoms with Crippen LogP contribution in [0.3, 0.4) is 0 Å². The number of rotatable bonds is 6. The maximum Gasteiger partial charge on any atom is 0.354 e. The Balaban J connectivity index is 1.61. The van der Waals surface area contributed by atoms with E-state index < -0.39 is 5.97 Å². The van der Waals surface area contributed by atoms with Crippen LogP contribution >= 0.6 is 0 Å². The lowest BCUT2D eigenvalue weighted by atomic mass is 10.0. The van der Waals surface area contributed by atoms with Crippen LogP contribution in [0.4, 0.5) is 11.6 Å². The lowest BCUT2D eigenvalue weighted by molar-refractivity contribution is 0.0690. The summed E-state index contributed by atoms with van der Waals surface area (Å²) >= 11 is 0. The Morgan fingerprint density at radius 3 is 2.67 bits per heavy atom. The number of nitrogens with one attached hydrogen (secondary N) is 1. The zero-order valence-corrected chi connectivity index (χ0v) is 17.0. The molecule has 0 spiro atoms. The zero-order valence-electron chi connectivity index (χ0n) is 17.0. The van der Waals surface area contributed by atoms with Gasteiger partial charge in [-0.15, -0.1) is 0 Å². The third-order valence-corrected chi connectivity index (χ3v) is 4.85. The first kappa shape index (κ1) is 19.4. The van der Waals surface area contributed by atoms with E-state index in [9.17, 15) is 4.79 Å². The topological polar surface area (TPSA) is 89.3 Å². The number of carboxylic acid groups (broad SMARTS) is 1. The lowest BCUT2D eigenvalue weighted by Crippen LogP contribution is -2.00. The molecule has 4 rings (SSSR count). The van der Waals surface area contributed by atoms with E-state index >= 15 is 0 Å². The molecule has 0 saturated carbocycles. The Hall–Kier alpha value is -3.87. The largest absolute Gasteiger partial charge is 0.477 e. The number of nitrogens with zero attached hydrogens (tertiary/aromatic N) is 3. The van der Waals surface area contributed by atoms with Gasteiger partial charge in [0.2, 0.25) is 5.95 Å². The number of hydrogen-bond acceptors (Lipinski definition) is 5. The van der Waals surface area contributed by atoms with Crippen LogP contribution in [0.15, 0.2) is 60.8 Å². The molecule has 30 heavy (non-hydrogen) atoms. The highest BCUT2D eigenvalue weighted by Crippen LogP contribution is 2.28. The first-order valence-electron chi connectivity index (χ1n) is 9.61. The molecule has 0 fully saturated rings. The van der Waals surface area contributed by atoms with E-state index in [0.29, 0.717) is 17.4 Å². The second-order valence-corrected chi connectivity index (χ2v) is 7.33. The summed E-state index contributed by atoms with van der Waals surface area (Å²) in [4.78, 5) is 19.6. The Bertz CT molecular complexity index is 1230. The van der Waals surface area contributed by atoms with Gasteiger partial charge in [0.05, 0.1) is 11.0 Å². The molecule has 152 valence electrons. The summed E-state index contributed by atoms with van der Waals surface area (Å²) in [6.45, 7) is 4.33. The van der Waals surface area contributed by atoms with Crippen molar-refractivity contribution in [3.05, 3.63) is 72.1 Å². The van der Waals surface area contributed by atoms with Crippen LogP contribution in [-0.4, -0.2) is 25.6 Å². The van der Waals surface area contributed by atoms with E-state index in [0.717, 1.165) is 22.7 Å². The number of hydrogen-bond donors (Lipinski definition) is 2. The Morgan fingerprint density at radius 1 is 1.10 bits per heavy atom. The summed E-state index contributed by atoms with van der Waals surface area (Å²) in [6.07, 6.45) is 1.41. The fourth-order valence-corrected chi connectivity index (χ4v) is 3.19. The van der Waals surface area contributed by atoms with Crippen molar-refractivity contribution in [2.45, 2.75) is 19.8 Å². The second kappa shape index (κ2) is 7.87. The van der Waals surface area contributed by atoms with Gasteiger partial charge < -0.3 is 19.7 Å². The van der Waals surface area contributed by atoms with Gasteiger partial charge in [0.25, 0.3) is 0 Å². The smallest absolute Gasteiger partial charge is 0.354 e. The molecule has 7 heteroatoms. The van der Waals surface area contributed by atoms with E-state index in [2.05, 4.69) is 36.3 Å². The van der Waals surface area contributed by atoms with Crippen molar-refractivity contribution in [1.29, 1.82) is 0 Å². The molecule has 7 nitrogen and oxygen atoms in total. The molecule has 0 amide bonds. The molecular weight excluding hydrogens is 380 g/mol. The Kier molecular flexibility index (Phi) is 5.10. The van der Waals surface area contributed by atoms with Crippen LogP contribution in [0.25, 0.3) is 11.0 Å². The molecule has 2 aromatic carbocycles. The summed E-state index contributed by atoms with van der Waals surface area (Å²) in [5.74, 6) is 1.04. The SMILES string of the molecule is CC(C)c1cccc(Nc2nc3cc(Oc4ccnc(C(=O)O)c4)ccc3n2C)c1. The minimum Gasteiger partial charge on any atom is -0.477 e. The third-order valence-electron chi connectivity index (χ3n) is 4.85. The number of benzene rings is 2. The fourth-order valence-electron chi connectivity index (χ4n) is 3.19. The van der Waals surface area contributed by atoms with E-state index in [1.165, 1.54) is 17.8 Å². The monoisotopic (exact) mass is 402 g/mol. The van der Waals surface area contributed by atoms with Crippen LogP contribution in [-0.2, 0) is 7.05 Å². The molecule has 0 atom stereocenters. The molecule has 0 saturated heterocycles. The minimum atomic E-state index is -1.10. The van der Waals surface area contributed by atoms with Crippen LogP contribution in [0.1, 0.15) is 35.8 Å². The van der Waals surface area contributed by atoms with Gasteiger partial charge in [-0.1, -0.05) is 26.0 Å². The van der Waals surface area contributed by atoms with Crippen LogP contribution in [0.2, 0.25) is 0 Å². The average Bonchev–Trinajstić information content (AvgIpc) is 3.03. The van der Waals surface area contributed by atoms with Gasteiger partial charge in [-0.3, -0.25) is 0 Å². The van der Waals surface area contributed by atoms with Crippen LogP contribution in [0.5, 0.6) is 11.5 Å². The zero-order chi connectivity index (χ0) is 21.3. The lowest BCUT2D eigenvalue weighted by Gasteiger charge is -2.10. The van der Waals surface area contributed by atoms with E-state index in [1.807, 2.05) is 41.9 Å². The standard InChI is InChI=1S/C23H22N4O3/c1-14(2)15-5-4-6-16(11-15)25-23-26-19-12-17(7-8-21(19)27(23)3)30-18-9-10-24-20(13-18)22(28)29/h4-14H,1-3H3,(H,25,26)(H,28,29). The fraction of sp³-hybridized carbons (Fsp3) is 0.174. The highest BCUT2D eigenvalue weighted by atomic mass is 16.5. The molecule has 0 aliphatic carbocycles. The third kappa shape index (κ3) is 3.96. The van der Waals surface area contributed by atoms with Crippen LogP contribution < -0.4 is 10.1 Å². The van der Waals surface area contributed by atoms with Gasteiger partial charge in [-0.05, 0) is 41.8 Å². The number of carboxylic acids is 1. The van der Waals surface area contributed by atoms with E-state index in [4.69, 9.17) is 14.8 Å².